The summed E-state index contributed by atoms with van der Waals surface area (Å²) in [5.74, 6) is 0.563. The van der Waals surface area contributed by atoms with Crippen molar-refractivity contribution in [2.75, 3.05) is 19.8 Å². The van der Waals surface area contributed by atoms with E-state index in [1.54, 1.807) is 11.3 Å². The van der Waals surface area contributed by atoms with Crippen LogP contribution >= 0.6 is 11.3 Å². The summed E-state index contributed by atoms with van der Waals surface area (Å²) in [6.07, 6.45) is 4.43. The number of nitrogens with zero attached hydrogens (tertiary/aromatic N) is 1. The average molecular weight is 276 g/mol. The van der Waals surface area contributed by atoms with Crippen molar-refractivity contribution in [3.8, 4) is 0 Å². The Bertz CT molecular complexity index is 534. The van der Waals surface area contributed by atoms with Crippen LogP contribution in [-0.2, 0) is 4.74 Å². The van der Waals surface area contributed by atoms with Crippen molar-refractivity contribution < 1.29 is 4.74 Å². The molecule has 4 heteroatoms. The molecular weight excluding hydrogens is 256 g/mol. The van der Waals surface area contributed by atoms with E-state index in [0.717, 1.165) is 25.3 Å². The number of hydrogen-bond donors (Lipinski definition) is 1. The molecule has 3 nitrogen and oxygen atoms in total. The van der Waals surface area contributed by atoms with Crippen LogP contribution in [0.5, 0.6) is 0 Å². The Balaban J connectivity index is 1.88. The van der Waals surface area contributed by atoms with Crippen LogP contribution in [-0.4, -0.2) is 24.7 Å². The second-order valence-electron chi connectivity index (χ2n) is 5.09. The van der Waals surface area contributed by atoms with Crippen LogP contribution in [0.1, 0.15) is 31.4 Å². The van der Waals surface area contributed by atoms with Crippen LogP contribution < -0.4 is 5.32 Å². The van der Waals surface area contributed by atoms with Gasteiger partial charge in [0.15, 0.2) is 0 Å². The fraction of sp³-hybridized carbons (Fsp3) is 0.533. The minimum absolute atomic E-state index is 0.365. The fourth-order valence-corrected chi connectivity index (χ4v) is 3.63. The second kappa shape index (κ2) is 5.99. The van der Waals surface area contributed by atoms with Crippen molar-refractivity contribution in [2.45, 2.75) is 25.8 Å². The number of pyridine rings is 1. The minimum Gasteiger partial charge on any atom is -0.381 e. The predicted octanol–water partition coefficient (Wildman–Crippen LogP) is 3.37. The highest BCUT2D eigenvalue weighted by molar-refractivity contribution is 7.17. The van der Waals surface area contributed by atoms with Gasteiger partial charge in [0, 0.05) is 24.8 Å². The SMILES string of the molecule is CCNC(c1cnc2ccsc2c1)C1CCCOC1. The molecule has 1 aliphatic rings. The molecule has 0 aromatic carbocycles. The lowest BCUT2D eigenvalue weighted by Crippen LogP contribution is -2.33. The Morgan fingerprint density at radius 2 is 2.53 bits per heavy atom. The monoisotopic (exact) mass is 276 g/mol. The van der Waals surface area contributed by atoms with E-state index < -0.39 is 0 Å². The fourth-order valence-electron chi connectivity index (χ4n) is 2.84. The van der Waals surface area contributed by atoms with Gasteiger partial charge in [-0.15, -0.1) is 11.3 Å². The average Bonchev–Trinajstić information content (AvgIpc) is 2.93. The summed E-state index contributed by atoms with van der Waals surface area (Å²) in [4.78, 5) is 4.57. The van der Waals surface area contributed by atoms with Crippen molar-refractivity contribution in [1.82, 2.24) is 10.3 Å². The quantitative estimate of drug-likeness (QED) is 0.929. The first kappa shape index (κ1) is 13.0. The minimum atomic E-state index is 0.365. The molecule has 2 atom stereocenters. The number of ether oxygens (including phenoxy) is 1. The van der Waals surface area contributed by atoms with E-state index in [0.29, 0.717) is 12.0 Å². The van der Waals surface area contributed by atoms with E-state index >= 15 is 0 Å². The highest BCUT2D eigenvalue weighted by atomic mass is 32.1. The maximum absolute atomic E-state index is 5.65. The number of thiophene rings is 1. The Morgan fingerprint density at radius 3 is 3.32 bits per heavy atom. The molecule has 19 heavy (non-hydrogen) atoms. The molecular formula is C15H20N2OS. The Labute approximate surface area is 118 Å². The Morgan fingerprint density at radius 1 is 1.58 bits per heavy atom. The molecule has 1 fully saturated rings. The summed E-state index contributed by atoms with van der Waals surface area (Å²) in [6, 6.07) is 4.73. The molecule has 102 valence electrons. The highest BCUT2D eigenvalue weighted by Gasteiger charge is 2.25. The van der Waals surface area contributed by atoms with Crippen molar-refractivity contribution in [2.24, 2.45) is 5.92 Å². The summed E-state index contributed by atoms with van der Waals surface area (Å²) in [7, 11) is 0. The van der Waals surface area contributed by atoms with Crippen LogP contribution in [0, 0.1) is 5.92 Å². The molecule has 0 saturated carbocycles. The predicted molar refractivity (Wildman–Crippen MR) is 79.6 cm³/mol. The van der Waals surface area contributed by atoms with Crippen LogP contribution in [0.15, 0.2) is 23.7 Å². The molecule has 2 unspecified atom stereocenters. The van der Waals surface area contributed by atoms with E-state index in [9.17, 15) is 0 Å². The molecule has 1 saturated heterocycles. The summed E-state index contributed by atoms with van der Waals surface area (Å²) in [6.45, 7) is 4.91. The van der Waals surface area contributed by atoms with Gasteiger partial charge < -0.3 is 10.1 Å². The molecule has 0 spiro atoms. The third-order valence-corrected chi connectivity index (χ3v) is 4.63. The van der Waals surface area contributed by atoms with Gasteiger partial charge in [0.25, 0.3) is 0 Å². The Kier molecular flexibility index (Phi) is 4.11. The number of hydrogen-bond acceptors (Lipinski definition) is 4. The van der Waals surface area contributed by atoms with Crippen LogP contribution in [0.4, 0.5) is 0 Å². The van der Waals surface area contributed by atoms with E-state index in [1.807, 2.05) is 6.20 Å². The van der Waals surface area contributed by atoms with Gasteiger partial charge in [0.1, 0.15) is 0 Å². The maximum Gasteiger partial charge on any atom is 0.0809 e. The molecule has 1 N–H and O–H groups in total. The molecule has 0 amide bonds. The van der Waals surface area contributed by atoms with Gasteiger partial charge in [-0.05, 0) is 42.5 Å². The van der Waals surface area contributed by atoms with Gasteiger partial charge in [-0.1, -0.05) is 6.92 Å². The van der Waals surface area contributed by atoms with Gasteiger partial charge in [0.2, 0.25) is 0 Å². The molecule has 0 radical (unpaired) electrons. The first-order chi connectivity index (χ1) is 9.38. The lowest BCUT2D eigenvalue weighted by molar-refractivity contribution is 0.0392. The molecule has 2 aromatic heterocycles. The van der Waals surface area contributed by atoms with Crippen molar-refractivity contribution in [1.29, 1.82) is 0 Å². The molecule has 0 aliphatic carbocycles. The largest absolute Gasteiger partial charge is 0.381 e. The number of aromatic nitrogens is 1. The zero-order chi connectivity index (χ0) is 13.1. The summed E-state index contributed by atoms with van der Waals surface area (Å²) >= 11 is 1.76. The van der Waals surface area contributed by atoms with E-state index in [4.69, 9.17) is 4.74 Å². The molecule has 3 heterocycles. The van der Waals surface area contributed by atoms with Gasteiger partial charge in [-0.2, -0.15) is 0 Å². The molecule has 2 aromatic rings. The van der Waals surface area contributed by atoms with Crippen LogP contribution in [0.2, 0.25) is 0 Å². The topological polar surface area (TPSA) is 34.2 Å². The van der Waals surface area contributed by atoms with Crippen molar-refractivity contribution in [3.05, 3.63) is 29.3 Å². The number of fused-ring (bicyclic) bond motifs is 1. The second-order valence-corrected chi connectivity index (χ2v) is 6.03. The molecule has 1 aliphatic heterocycles. The van der Waals surface area contributed by atoms with E-state index in [1.165, 1.54) is 23.1 Å². The lowest BCUT2D eigenvalue weighted by atomic mass is 9.89. The van der Waals surface area contributed by atoms with E-state index in [-0.39, 0.29) is 0 Å². The van der Waals surface area contributed by atoms with Crippen LogP contribution in [0.25, 0.3) is 10.2 Å². The standard InChI is InChI=1S/C15H20N2OS/c1-2-16-15(11-4-3-6-18-10-11)12-8-14-13(17-9-12)5-7-19-14/h5,7-9,11,15-16H,2-4,6,10H2,1H3. The van der Waals surface area contributed by atoms with Crippen LogP contribution in [0.3, 0.4) is 0 Å². The summed E-state index contributed by atoms with van der Waals surface area (Å²) in [5.41, 5.74) is 2.40. The zero-order valence-electron chi connectivity index (χ0n) is 11.3. The number of nitrogens with one attached hydrogen (secondary N) is 1. The lowest BCUT2D eigenvalue weighted by Gasteiger charge is -2.31. The Hall–Kier alpha value is -0.970. The van der Waals surface area contributed by atoms with E-state index in [2.05, 4.69) is 34.7 Å². The first-order valence-electron chi connectivity index (χ1n) is 7.02. The highest BCUT2D eigenvalue weighted by Crippen LogP contribution is 2.31. The third kappa shape index (κ3) is 2.81. The maximum atomic E-state index is 5.65. The van der Waals surface area contributed by atoms with Crippen molar-refractivity contribution in [3.63, 3.8) is 0 Å². The van der Waals surface area contributed by atoms with Gasteiger partial charge in [-0.25, -0.2) is 0 Å². The van der Waals surface area contributed by atoms with Gasteiger partial charge in [-0.3, -0.25) is 4.98 Å². The molecule has 3 rings (SSSR count). The number of rotatable bonds is 4. The van der Waals surface area contributed by atoms with Gasteiger partial charge >= 0.3 is 0 Å². The van der Waals surface area contributed by atoms with Gasteiger partial charge in [0.05, 0.1) is 16.8 Å². The first-order valence-corrected chi connectivity index (χ1v) is 7.90. The third-order valence-electron chi connectivity index (χ3n) is 3.77. The smallest absolute Gasteiger partial charge is 0.0809 e. The zero-order valence-corrected chi connectivity index (χ0v) is 12.1. The summed E-state index contributed by atoms with van der Waals surface area (Å²) in [5, 5.41) is 5.71. The summed E-state index contributed by atoms with van der Waals surface area (Å²) < 4.78 is 6.92. The molecule has 0 bridgehead atoms. The van der Waals surface area contributed by atoms with Crippen molar-refractivity contribution >= 4 is 21.6 Å². The normalized spacial score (nSPS) is 21.6.